The Labute approximate surface area is 284 Å². The van der Waals surface area contributed by atoms with Crippen molar-refractivity contribution >= 4 is 66.7 Å². The molecule has 3 aromatic rings. The van der Waals surface area contributed by atoms with Crippen LogP contribution in [-0.2, 0) is 26.2 Å². The van der Waals surface area contributed by atoms with Gasteiger partial charge in [-0.15, -0.1) is 0 Å². The van der Waals surface area contributed by atoms with Crippen LogP contribution in [0.4, 0.5) is 5.69 Å². The van der Waals surface area contributed by atoms with E-state index in [1.807, 2.05) is 13.8 Å². The van der Waals surface area contributed by atoms with Crippen molar-refractivity contribution in [2.45, 2.75) is 75.9 Å². The Morgan fingerprint density at radius 2 is 1.71 bits per heavy atom. The topological polar surface area (TPSA) is 96.0 Å². The lowest BCUT2D eigenvalue weighted by atomic mass is 9.95. The number of hydrogen-bond acceptors (Lipinski definition) is 5. The molecule has 1 aliphatic carbocycles. The number of benzene rings is 3. The van der Waals surface area contributed by atoms with Gasteiger partial charge in [0.25, 0.3) is 10.0 Å². The lowest BCUT2D eigenvalue weighted by Crippen LogP contribution is -2.54. The summed E-state index contributed by atoms with van der Waals surface area (Å²) in [5, 5.41) is 3.92. The maximum absolute atomic E-state index is 14.4. The van der Waals surface area contributed by atoms with E-state index < -0.39 is 28.5 Å². The largest absolute Gasteiger partial charge is 0.496 e. The predicted octanol–water partition coefficient (Wildman–Crippen LogP) is 7.52. The van der Waals surface area contributed by atoms with Crippen LogP contribution in [0, 0.1) is 6.92 Å². The average Bonchev–Trinajstić information content (AvgIpc) is 3.01. The molecule has 1 fully saturated rings. The van der Waals surface area contributed by atoms with Crippen molar-refractivity contribution < 1.29 is 22.7 Å². The highest BCUT2D eigenvalue weighted by Gasteiger charge is 2.35. The number of rotatable bonds is 12. The molecule has 0 aromatic heterocycles. The van der Waals surface area contributed by atoms with Gasteiger partial charge in [0.1, 0.15) is 18.3 Å². The van der Waals surface area contributed by atoms with Gasteiger partial charge < -0.3 is 15.0 Å². The fraction of sp³-hybridized carbons (Fsp3) is 0.394. The summed E-state index contributed by atoms with van der Waals surface area (Å²) in [5.74, 6) is -0.359. The van der Waals surface area contributed by atoms with Gasteiger partial charge >= 0.3 is 0 Å². The summed E-state index contributed by atoms with van der Waals surface area (Å²) in [7, 11) is -2.76. The van der Waals surface area contributed by atoms with Gasteiger partial charge in [-0.1, -0.05) is 73.2 Å². The highest BCUT2D eigenvalue weighted by atomic mass is 79.9. The third kappa shape index (κ3) is 8.73. The molecule has 0 radical (unpaired) electrons. The third-order valence-electron chi connectivity index (χ3n) is 8.01. The molecule has 0 spiro atoms. The number of halogens is 3. The maximum atomic E-state index is 14.4. The van der Waals surface area contributed by atoms with E-state index in [1.165, 1.54) is 24.1 Å². The van der Waals surface area contributed by atoms with E-state index in [9.17, 15) is 18.0 Å². The number of methoxy groups -OCH3 is 1. The average molecular weight is 740 g/mol. The van der Waals surface area contributed by atoms with Gasteiger partial charge in [-0.3, -0.25) is 13.9 Å². The van der Waals surface area contributed by atoms with Crippen molar-refractivity contribution in [2.75, 3.05) is 18.0 Å². The van der Waals surface area contributed by atoms with Crippen LogP contribution >= 0.6 is 39.1 Å². The van der Waals surface area contributed by atoms with Gasteiger partial charge in [0, 0.05) is 22.6 Å². The lowest BCUT2D eigenvalue weighted by molar-refractivity contribution is -0.140. The van der Waals surface area contributed by atoms with Crippen molar-refractivity contribution in [1.82, 2.24) is 10.2 Å². The summed E-state index contributed by atoms with van der Waals surface area (Å²) in [6.45, 7) is 3.16. The summed E-state index contributed by atoms with van der Waals surface area (Å²) in [6, 6.07) is 15.4. The van der Waals surface area contributed by atoms with Crippen molar-refractivity contribution in [3.8, 4) is 5.75 Å². The van der Waals surface area contributed by atoms with Crippen LogP contribution in [0.3, 0.4) is 0 Å². The Morgan fingerprint density at radius 1 is 1.02 bits per heavy atom. The van der Waals surface area contributed by atoms with Crippen LogP contribution in [0.25, 0.3) is 0 Å². The number of aryl methyl sites for hydroxylation is 1. The third-order valence-corrected chi connectivity index (χ3v) is 11.0. The molecule has 2 amide bonds. The predicted molar refractivity (Wildman–Crippen MR) is 183 cm³/mol. The number of anilines is 1. The minimum Gasteiger partial charge on any atom is -0.496 e. The van der Waals surface area contributed by atoms with Crippen molar-refractivity contribution in [2.24, 2.45) is 0 Å². The summed E-state index contributed by atoms with van der Waals surface area (Å²) >= 11 is 16.0. The molecule has 1 saturated carbocycles. The molecule has 3 aromatic carbocycles. The number of ether oxygens (including phenoxy) is 1. The van der Waals surface area contributed by atoms with E-state index in [-0.39, 0.29) is 23.4 Å². The molecule has 0 heterocycles. The number of carbonyl (C=O) groups is 2. The minimum atomic E-state index is -4.25. The van der Waals surface area contributed by atoms with E-state index in [1.54, 1.807) is 48.5 Å². The lowest BCUT2D eigenvalue weighted by Gasteiger charge is -2.34. The van der Waals surface area contributed by atoms with Crippen molar-refractivity contribution in [3.05, 3.63) is 86.3 Å². The van der Waals surface area contributed by atoms with E-state index >= 15 is 0 Å². The van der Waals surface area contributed by atoms with E-state index in [0.29, 0.717) is 37.9 Å². The van der Waals surface area contributed by atoms with Gasteiger partial charge in [0.15, 0.2) is 0 Å². The number of carbonyl (C=O) groups excluding carboxylic acids is 2. The standard InChI is InChI=1S/C33H38BrCl2N3O5S/c1-4-30(33(41)37-25-8-6-5-7-9-25)38(20-23-12-13-24(35)18-29(23)36)32(40)21-39(26-14-10-22(2)11-15-26)45(42,43)27-16-17-31(44-3)28(34)19-27/h10-19,25,30H,4-9,20-21H2,1-3H3,(H,37,41)/t30-/m1/s1. The van der Waals surface area contributed by atoms with Crippen LogP contribution in [0.5, 0.6) is 5.75 Å². The molecular weight excluding hydrogens is 701 g/mol. The first-order valence-corrected chi connectivity index (χ1v) is 17.9. The normalized spacial score (nSPS) is 14.4. The van der Waals surface area contributed by atoms with E-state index in [4.69, 9.17) is 27.9 Å². The van der Waals surface area contributed by atoms with Crippen LogP contribution in [0.15, 0.2) is 70.0 Å². The second-order valence-corrected chi connectivity index (χ2v) is 14.7. The molecule has 8 nitrogen and oxygen atoms in total. The van der Waals surface area contributed by atoms with Gasteiger partial charge in [-0.2, -0.15) is 0 Å². The zero-order valence-corrected chi connectivity index (χ0v) is 29.5. The van der Waals surface area contributed by atoms with Crippen LogP contribution in [-0.4, -0.2) is 50.9 Å². The van der Waals surface area contributed by atoms with E-state index in [2.05, 4.69) is 21.2 Å². The molecule has 45 heavy (non-hydrogen) atoms. The Kier molecular flexibility index (Phi) is 12.2. The Balaban J connectivity index is 1.74. The molecule has 242 valence electrons. The Bertz CT molecular complexity index is 1620. The van der Waals surface area contributed by atoms with Crippen LogP contribution in [0.2, 0.25) is 10.0 Å². The molecule has 0 unspecified atom stereocenters. The van der Waals surface area contributed by atoms with Gasteiger partial charge in [0.05, 0.1) is 22.2 Å². The highest BCUT2D eigenvalue weighted by Crippen LogP contribution is 2.32. The summed E-state index contributed by atoms with van der Waals surface area (Å²) in [4.78, 5) is 29.5. The highest BCUT2D eigenvalue weighted by molar-refractivity contribution is 9.10. The van der Waals surface area contributed by atoms with Gasteiger partial charge in [-0.05, 0) is 90.1 Å². The number of amides is 2. The fourth-order valence-corrected chi connectivity index (χ4v) is 8.07. The molecule has 4 rings (SSSR count). The van der Waals surface area contributed by atoms with Crippen molar-refractivity contribution in [1.29, 1.82) is 0 Å². The first-order chi connectivity index (χ1) is 21.4. The Hall–Kier alpha value is -2.79. The maximum Gasteiger partial charge on any atom is 0.264 e. The first kappa shape index (κ1) is 35.1. The summed E-state index contributed by atoms with van der Waals surface area (Å²) < 4.78 is 35.2. The molecule has 0 aliphatic heterocycles. The summed E-state index contributed by atoms with van der Waals surface area (Å²) in [5.41, 5.74) is 1.83. The fourth-order valence-electron chi connectivity index (χ4n) is 5.47. The molecule has 1 N–H and O–H groups in total. The Morgan fingerprint density at radius 3 is 2.31 bits per heavy atom. The SMILES string of the molecule is CC[C@H](C(=O)NC1CCCCC1)N(Cc1ccc(Cl)cc1Cl)C(=O)CN(c1ccc(C)cc1)S(=O)(=O)c1ccc(OC)c(Br)c1. The molecule has 0 bridgehead atoms. The molecular formula is C33H38BrCl2N3O5S. The first-order valence-electron chi connectivity index (χ1n) is 14.9. The smallest absolute Gasteiger partial charge is 0.264 e. The molecule has 1 aliphatic rings. The van der Waals surface area contributed by atoms with Gasteiger partial charge in [-0.25, -0.2) is 8.42 Å². The molecule has 12 heteroatoms. The molecule has 0 saturated heterocycles. The summed E-state index contributed by atoms with van der Waals surface area (Å²) in [6.07, 6.45) is 5.30. The second-order valence-electron chi connectivity index (χ2n) is 11.2. The zero-order chi connectivity index (χ0) is 32.7. The number of nitrogens with one attached hydrogen (secondary N) is 1. The van der Waals surface area contributed by atoms with Crippen LogP contribution in [0.1, 0.15) is 56.6 Å². The molecule has 1 atom stereocenters. The number of hydrogen-bond donors (Lipinski definition) is 1. The van der Waals surface area contributed by atoms with E-state index in [0.717, 1.165) is 42.0 Å². The van der Waals surface area contributed by atoms with Crippen molar-refractivity contribution in [3.63, 3.8) is 0 Å². The van der Waals surface area contributed by atoms with Gasteiger partial charge in [0.2, 0.25) is 11.8 Å². The quantitative estimate of drug-likeness (QED) is 0.207. The monoisotopic (exact) mass is 737 g/mol. The zero-order valence-electron chi connectivity index (χ0n) is 25.6. The minimum absolute atomic E-state index is 0.0126. The number of nitrogens with zero attached hydrogens (tertiary/aromatic N) is 2. The number of sulfonamides is 1. The second kappa shape index (κ2) is 15.7. The van der Waals surface area contributed by atoms with Crippen LogP contribution < -0.4 is 14.4 Å².